The summed E-state index contributed by atoms with van der Waals surface area (Å²) in [5, 5.41) is 17.3. The van der Waals surface area contributed by atoms with Gasteiger partial charge in [0.15, 0.2) is 0 Å². The van der Waals surface area contributed by atoms with Crippen molar-refractivity contribution in [1.82, 2.24) is 4.57 Å². The van der Waals surface area contributed by atoms with E-state index < -0.39 is 6.10 Å². The van der Waals surface area contributed by atoms with Crippen molar-refractivity contribution in [2.45, 2.75) is 12.6 Å². The number of aromatic nitrogens is 1. The lowest BCUT2D eigenvalue weighted by atomic mass is 10.1. The van der Waals surface area contributed by atoms with E-state index in [1.807, 2.05) is 60.7 Å². The highest BCUT2D eigenvalue weighted by Crippen LogP contribution is 2.33. The molecule has 2 N–H and O–H groups in total. The Kier molecular flexibility index (Phi) is 5.36. The third-order valence-corrected chi connectivity index (χ3v) is 5.26. The van der Waals surface area contributed by atoms with Crippen molar-refractivity contribution < 1.29 is 9.84 Å². The summed E-state index contributed by atoms with van der Waals surface area (Å²) in [4.78, 5) is 0. The predicted octanol–water partition coefficient (Wildman–Crippen LogP) is 5.58. The van der Waals surface area contributed by atoms with Crippen molar-refractivity contribution in [3.8, 4) is 5.75 Å². The number of rotatable bonds is 6. The first-order valence-corrected chi connectivity index (χ1v) is 9.74. The van der Waals surface area contributed by atoms with Gasteiger partial charge in [0.2, 0.25) is 0 Å². The molecular weight excluding hydrogens is 395 g/mol. The third-order valence-electron chi connectivity index (χ3n) is 4.79. The van der Waals surface area contributed by atoms with Gasteiger partial charge in [0.1, 0.15) is 5.75 Å². The van der Waals surface area contributed by atoms with Gasteiger partial charge in [-0.05, 0) is 48.5 Å². The van der Waals surface area contributed by atoms with E-state index in [-0.39, 0.29) is 0 Å². The Labute approximate surface area is 173 Å². The van der Waals surface area contributed by atoms with Crippen LogP contribution in [0.5, 0.6) is 5.75 Å². The molecule has 4 rings (SSSR count). The minimum atomic E-state index is -0.587. The molecule has 1 atom stereocenters. The number of methoxy groups -OCH3 is 1. The third kappa shape index (κ3) is 3.76. The van der Waals surface area contributed by atoms with Crippen molar-refractivity contribution >= 4 is 50.7 Å². The molecule has 0 radical (unpaired) electrons. The second-order valence-corrected chi connectivity index (χ2v) is 7.57. The fourth-order valence-electron chi connectivity index (χ4n) is 3.49. The first kappa shape index (κ1) is 18.9. The molecule has 4 nitrogen and oxygen atoms in total. The van der Waals surface area contributed by atoms with Gasteiger partial charge in [0.05, 0.1) is 19.8 Å². The molecule has 0 amide bonds. The summed E-state index contributed by atoms with van der Waals surface area (Å²) >= 11 is 12.4. The number of aliphatic hydroxyl groups is 1. The van der Waals surface area contributed by atoms with E-state index in [1.54, 1.807) is 7.11 Å². The quantitative estimate of drug-likeness (QED) is 0.432. The Hall–Kier alpha value is -2.40. The van der Waals surface area contributed by atoms with Crippen molar-refractivity contribution in [2.75, 3.05) is 19.0 Å². The van der Waals surface area contributed by atoms with Gasteiger partial charge >= 0.3 is 0 Å². The Morgan fingerprint density at radius 3 is 2.21 bits per heavy atom. The van der Waals surface area contributed by atoms with Crippen molar-refractivity contribution in [3.63, 3.8) is 0 Å². The lowest BCUT2D eigenvalue weighted by Gasteiger charge is -2.16. The molecule has 0 saturated carbocycles. The zero-order valence-corrected chi connectivity index (χ0v) is 16.8. The number of nitrogens with one attached hydrogen (secondary N) is 1. The number of benzene rings is 3. The molecule has 0 saturated heterocycles. The number of hydrogen-bond donors (Lipinski definition) is 2. The molecule has 0 aliphatic rings. The minimum Gasteiger partial charge on any atom is -0.497 e. The summed E-state index contributed by atoms with van der Waals surface area (Å²) in [5.74, 6) is 0.774. The molecule has 0 bridgehead atoms. The Morgan fingerprint density at radius 2 is 1.61 bits per heavy atom. The van der Waals surface area contributed by atoms with Crippen LogP contribution in [0.25, 0.3) is 21.8 Å². The van der Waals surface area contributed by atoms with Crippen LogP contribution in [0.2, 0.25) is 10.0 Å². The van der Waals surface area contributed by atoms with Crippen LogP contribution >= 0.6 is 23.2 Å². The molecule has 4 aromatic rings. The number of aliphatic hydroxyl groups excluding tert-OH is 1. The van der Waals surface area contributed by atoms with Crippen LogP contribution in [0.4, 0.5) is 5.69 Å². The standard InChI is InChI=1S/C22H20Cl2N2O2/c1-28-18-4-2-3-16(11-18)25-12-17(27)13-26-21-7-5-14(23)9-19(21)20-10-15(24)6-8-22(20)26/h2-11,17,25,27H,12-13H2,1H3/t17-/m0/s1. The average Bonchev–Trinajstić information content (AvgIpc) is 2.99. The van der Waals surface area contributed by atoms with Gasteiger partial charge in [-0.25, -0.2) is 0 Å². The molecule has 28 heavy (non-hydrogen) atoms. The first-order valence-electron chi connectivity index (χ1n) is 8.98. The minimum absolute atomic E-state index is 0.412. The summed E-state index contributed by atoms with van der Waals surface area (Å²) < 4.78 is 7.34. The number of anilines is 1. The molecule has 0 spiro atoms. The molecule has 1 aromatic heterocycles. The highest BCUT2D eigenvalue weighted by Gasteiger charge is 2.14. The fraction of sp³-hybridized carbons (Fsp3) is 0.182. The number of nitrogens with zero attached hydrogens (tertiary/aromatic N) is 1. The summed E-state index contributed by atoms with van der Waals surface area (Å²) in [6, 6.07) is 19.2. The monoisotopic (exact) mass is 414 g/mol. The summed E-state index contributed by atoms with van der Waals surface area (Å²) in [5.41, 5.74) is 2.93. The normalized spacial score (nSPS) is 12.4. The molecule has 0 aliphatic heterocycles. The van der Waals surface area contributed by atoms with Gasteiger partial charge in [0, 0.05) is 50.1 Å². The average molecular weight is 415 g/mol. The Balaban J connectivity index is 1.61. The lowest BCUT2D eigenvalue weighted by molar-refractivity contribution is 0.169. The Morgan fingerprint density at radius 1 is 0.964 bits per heavy atom. The topological polar surface area (TPSA) is 46.4 Å². The van der Waals surface area contributed by atoms with Gasteiger partial charge < -0.3 is 19.7 Å². The van der Waals surface area contributed by atoms with Gasteiger partial charge in [-0.2, -0.15) is 0 Å². The van der Waals surface area contributed by atoms with Crippen LogP contribution in [0.15, 0.2) is 60.7 Å². The van der Waals surface area contributed by atoms with Gasteiger partial charge in [-0.3, -0.25) is 0 Å². The van der Waals surface area contributed by atoms with Crippen molar-refractivity contribution in [2.24, 2.45) is 0 Å². The van der Waals surface area contributed by atoms with E-state index in [2.05, 4.69) is 9.88 Å². The second-order valence-electron chi connectivity index (χ2n) is 6.70. The zero-order valence-electron chi connectivity index (χ0n) is 15.3. The van der Waals surface area contributed by atoms with Crippen LogP contribution < -0.4 is 10.1 Å². The van der Waals surface area contributed by atoms with E-state index in [9.17, 15) is 5.11 Å². The number of ether oxygens (including phenoxy) is 1. The second kappa shape index (κ2) is 7.92. The summed E-state index contributed by atoms with van der Waals surface area (Å²) in [6.45, 7) is 0.857. The van der Waals surface area contributed by atoms with Gasteiger partial charge in [-0.15, -0.1) is 0 Å². The predicted molar refractivity (Wildman–Crippen MR) is 117 cm³/mol. The Bertz CT molecular complexity index is 1080. The molecule has 0 aliphatic carbocycles. The lowest BCUT2D eigenvalue weighted by Crippen LogP contribution is -2.24. The zero-order chi connectivity index (χ0) is 19.7. The highest BCUT2D eigenvalue weighted by atomic mass is 35.5. The van der Waals surface area contributed by atoms with E-state index in [0.29, 0.717) is 23.1 Å². The number of fused-ring (bicyclic) bond motifs is 3. The molecule has 0 fully saturated rings. The number of hydrogen-bond acceptors (Lipinski definition) is 3. The van der Waals surface area contributed by atoms with Crippen LogP contribution in [0, 0.1) is 0 Å². The number of halogens is 2. The maximum Gasteiger partial charge on any atom is 0.120 e. The highest BCUT2D eigenvalue weighted by molar-refractivity contribution is 6.33. The molecular formula is C22H20Cl2N2O2. The van der Waals surface area contributed by atoms with E-state index in [1.165, 1.54) is 0 Å². The van der Waals surface area contributed by atoms with E-state index in [0.717, 1.165) is 33.2 Å². The van der Waals surface area contributed by atoms with E-state index >= 15 is 0 Å². The van der Waals surface area contributed by atoms with Crippen molar-refractivity contribution in [3.05, 3.63) is 70.7 Å². The fourth-order valence-corrected chi connectivity index (χ4v) is 3.83. The van der Waals surface area contributed by atoms with E-state index in [4.69, 9.17) is 27.9 Å². The summed E-state index contributed by atoms with van der Waals surface area (Å²) in [6.07, 6.45) is -0.587. The molecule has 0 unspecified atom stereocenters. The smallest absolute Gasteiger partial charge is 0.120 e. The van der Waals surface area contributed by atoms with Gasteiger partial charge in [-0.1, -0.05) is 29.3 Å². The molecule has 1 heterocycles. The molecule has 6 heteroatoms. The summed E-state index contributed by atoms with van der Waals surface area (Å²) in [7, 11) is 1.63. The van der Waals surface area contributed by atoms with Crippen LogP contribution in [-0.2, 0) is 6.54 Å². The molecule has 144 valence electrons. The maximum atomic E-state index is 10.7. The van der Waals surface area contributed by atoms with Crippen LogP contribution in [0.1, 0.15) is 0 Å². The largest absolute Gasteiger partial charge is 0.497 e. The van der Waals surface area contributed by atoms with Crippen molar-refractivity contribution in [1.29, 1.82) is 0 Å². The van der Waals surface area contributed by atoms with Crippen LogP contribution in [-0.4, -0.2) is 29.4 Å². The van der Waals surface area contributed by atoms with Crippen LogP contribution in [0.3, 0.4) is 0 Å². The van der Waals surface area contributed by atoms with Gasteiger partial charge in [0.25, 0.3) is 0 Å². The SMILES string of the molecule is COc1cccc(NC[C@H](O)Cn2c3ccc(Cl)cc3c3cc(Cl)ccc32)c1. The maximum absolute atomic E-state index is 10.7. The molecule has 3 aromatic carbocycles. The first-order chi connectivity index (χ1) is 13.5.